The molecule has 1 heterocycles. The van der Waals surface area contributed by atoms with E-state index in [1.807, 2.05) is 0 Å². The summed E-state index contributed by atoms with van der Waals surface area (Å²) in [6.07, 6.45) is 1.86. The van der Waals surface area contributed by atoms with Crippen molar-refractivity contribution < 1.29 is 19.4 Å². The van der Waals surface area contributed by atoms with E-state index in [0.29, 0.717) is 40.0 Å². The minimum Gasteiger partial charge on any atom is -0.493 e. The molecule has 0 saturated carbocycles. The zero-order valence-corrected chi connectivity index (χ0v) is 17.3. The number of hydrogen-bond acceptors (Lipinski definition) is 5. The first-order valence-corrected chi connectivity index (χ1v) is 9.62. The molecule has 1 aromatic carbocycles. The molecule has 0 spiro atoms. The maximum Gasteiger partial charge on any atom is 0.303 e. The highest BCUT2D eigenvalue weighted by atomic mass is 79.9. The second kappa shape index (κ2) is 10.2. The van der Waals surface area contributed by atoms with Crippen LogP contribution in [-0.2, 0) is 9.59 Å². The number of carboxylic acids is 1. The summed E-state index contributed by atoms with van der Waals surface area (Å²) in [4.78, 5) is 34.1. The Bertz CT molecular complexity index is 885. The third-order valence-corrected chi connectivity index (χ3v) is 5.32. The first-order valence-electron chi connectivity index (χ1n) is 8.03. The number of halogens is 2. The molecule has 0 radical (unpaired) electrons. The number of carbonyl (C=O) groups is 2. The van der Waals surface area contributed by atoms with Crippen LogP contribution in [0.2, 0.25) is 0 Å². The highest BCUT2D eigenvalue weighted by molar-refractivity contribution is 9.13. The van der Waals surface area contributed by atoms with E-state index in [-0.39, 0.29) is 24.3 Å². The maximum atomic E-state index is 12.3. The van der Waals surface area contributed by atoms with Gasteiger partial charge >= 0.3 is 5.97 Å². The van der Waals surface area contributed by atoms with Crippen molar-refractivity contribution in [1.82, 2.24) is 15.1 Å². The van der Waals surface area contributed by atoms with Gasteiger partial charge in [0.25, 0.3) is 5.56 Å². The second-order valence-electron chi connectivity index (χ2n) is 5.47. The average molecular weight is 503 g/mol. The zero-order valence-electron chi connectivity index (χ0n) is 14.2. The number of amides is 1. The molecule has 10 heteroatoms. The zero-order chi connectivity index (χ0) is 19.8. The predicted octanol–water partition coefficient (Wildman–Crippen LogP) is 2.51. The van der Waals surface area contributed by atoms with E-state index in [4.69, 9.17) is 9.84 Å². The van der Waals surface area contributed by atoms with Gasteiger partial charge in [0.1, 0.15) is 10.2 Å². The van der Waals surface area contributed by atoms with Gasteiger partial charge in [-0.1, -0.05) is 6.07 Å². The minimum atomic E-state index is -1.00. The number of nitrogens with zero attached hydrogens (tertiary/aromatic N) is 2. The Balaban J connectivity index is 1.86. The molecule has 0 saturated heterocycles. The number of rotatable bonds is 9. The predicted molar refractivity (Wildman–Crippen MR) is 105 cm³/mol. The number of carboxylic acid groups (broad SMARTS) is 1. The van der Waals surface area contributed by atoms with Crippen LogP contribution in [0.3, 0.4) is 0 Å². The topological polar surface area (TPSA) is 111 Å². The first-order chi connectivity index (χ1) is 12.9. The molecule has 0 aliphatic carbocycles. The van der Waals surface area contributed by atoms with Crippen molar-refractivity contribution in [2.24, 2.45) is 0 Å². The smallest absolute Gasteiger partial charge is 0.303 e. The van der Waals surface area contributed by atoms with Crippen molar-refractivity contribution >= 4 is 43.7 Å². The summed E-state index contributed by atoms with van der Waals surface area (Å²) in [6.45, 7) is 0.744. The fraction of sp³-hybridized carbons (Fsp3) is 0.294. The summed E-state index contributed by atoms with van der Waals surface area (Å²) in [7, 11) is 0. The van der Waals surface area contributed by atoms with E-state index in [1.165, 1.54) is 10.9 Å². The molecule has 144 valence electrons. The molecule has 0 unspecified atom stereocenters. The van der Waals surface area contributed by atoms with E-state index in [9.17, 15) is 14.4 Å². The van der Waals surface area contributed by atoms with Crippen LogP contribution in [-0.4, -0.2) is 39.9 Å². The number of aliphatic carboxylic acids is 1. The number of carbonyl (C=O) groups excluding carboxylic acids is 1. The molecule has 2 N–H and O–H groups in total. The van der Waals surface area contributed by atoms with Gasteiger partial charge in [-0.15, -0.1) is 0 Å². The van der Waals surface area contributed by atoms with Crippen LogP contribution in [0.1, 0.15) is 19.3 Å². The number of benzene rings is 1. The van der Waals surface area contributed by atoms with Gasteiger partial charge in [0.2, 0.25) is 5.91 Å². The Labute approximate surface area is 171 Å². The number of hydrogen-bond donors (Lipinski definition) is 2. The Morgan fingerprint density at radius 2 is 2.04 bits per heavy atom. The number of aromatic nitrogens is 2. The lowest BCUT2D eigenvalue weighted by molar-refractivity contribution is -0.138. The molecule has 0 bridgehead atoms. The van der Waals surface area contributed by atoms with Crippen LogP contribution in [0.5, 0.6) is 5.75 Å². The summed E-state index contributed by atoms with van der Waals surface area (Å²) < 4.78 is 7.83. The molecule has 1 aromatic heterocycles. The van der Waals surface area contributed by atoms with Crippen LogP contribution >= 0.6 is 31.9 Å². The van der Waals surface area contributed by atoms with Crippen molar-refractivity contribution in [1.29, 1.82) is 0 Å². The monoisotopic (exact) mass is 501 g/mol. The number of nitrogens with one attached hydrogen (secondary N) is 1. The van der Waals surface area contributed by atoms with Gasteiger partial charge in [-0.3, -0.25) is 14.4 Å². The van der Waals surface area contributed by atoms with Gasteiger partial charge in [-0.2, -0.15) is 9.78 Å². The molecular formula is C17H17Br2N3O5. The van der Waals surface area contributed by atoms with Crippen LogP contribution in [0, 0.1) is 0 Å². The second-order valence-corrected chi connectivity index (χ2v) is 7.11. The van der Waals surface area contributed by atoms with Crippen LogP contribution < -0.4 is 15.6 Å². The Hall–Kier alpha value is -2.20. The molecular weight excluding hydrogens is 486 g/mol. The van der Waals surface area contributed by atoms with E-state index in [0.717, 1.165) is 0 Å². The molecule has 2 aromatic rings. The van der Waals surface area contributed by atoms with Crippen LogP contribution in [0.15, 0.2) is 44.2 Å². The van der Waals surface area contributed by atoms with Crippen molar-refractivity contribution in [2.75, 3.05) is 13.2 Å². The summed E-state index contributed by atoms with van der Waals surface area (Å²) >= 11 is 6.45. The quantitative estimate of drug-likeness (QED) is 0.510. The van der Waals surface area contributed by atoms with E-state index >= 15 is 0 Å². The lowest BCUT2D eigenvalue weighted by Gasteiger charge is -2.10. The molecule has 0 fully saturated rings. The van der Waals surface area contributed by atoms with Gasteiger partial charge in [0.05, 0.1) is 29.4 Å². The van der Waals surface area contributed by atoms with E-state index in [2.05, 4.69) is 42.3 Å². The molecule has 0 atom stereocenters. The third kappa shape index (κ3) is 6.47. The lowest BCUT2D eigenvalue weighted by Crippen LogP contribution is -2.25. The third-order valence-electron chi connectivity index (χ3n) is 3.42. The van der Waals surface area contributed by atoms with E-state index in [1.54, 1.807) is 24.3 Å². The summed E-state index contributed by atoms with van der Waals surface area (Å²) in [5, 5.41) is 15.2. The van der Waals surface area contributed by atoms with Gasteiger partial charge in [-0.05, 0) is 50.4 Å². The molecule has 8 nitrogen and oxygen atoms in total. The highest BCUT2D eigenvalue weighted by Gasteiger charge is 2.09. The lowest BCUT2D eigenvalue weighted by atomic mass is 10.3. The fourth-order valence-electron chi connectivity index (χ4n) is 2.10. The van der Waals surface area contributed by atoms with Crippen molar-refractivity contribution in [3.05, 3.63) is 49.8 Å². The highest BCUT2D eigenvalue weighted by Crippen LogP contribution is 2.19. The van der Waals surface area contributed by atoms with Crippen molar-refractivity contribution in [2.45, 2.75) is 19.3 Å². The summed E-state index contributed by atoms with van der Waals surface area (Å²) in [5.41, 5.74) is 0.262. The first kappa shape index (κ1) is 21.1. The minimum absolute atomic E-state index is 0.0390. The van der Waals surface area contributed by atoms with E-state index < -0.39 is 5.97 Å². The van der Waals surface area contributed by atoms with Gasteiger partial charge < -0.3 is 15.2 Å². The largest absolute Gasteiger partial charge is 0.493 e. The molecule has 2 rings (SSSR count). The molecule has 0 aliphatic heterocycles. The molecule has 0 aliphatic rings. The Morgan fingerprint density at radius 1 is 1.26 bits per heavy atom. The van der Waals surface area contributed by atoms with Crippen molar-refractivity contribution in [3.63, 3.8) is 0 Å². The fourth-order valence-corrected chi connectivity index (χ4v) is 2.63. The molecule has 1 amide bonds. The number of ether oxygens (including phenoxy) is 1. The standard InChI is InChI=1S/C17H17Br2N3O5/c18-13-10-21-22(17(26)16(13)19)11-3-1-4-12(9-11)27-8-2-7-20-14(23)5-6-15(24)25/h1,3-4,9-10H,2,5-8H2,(H,20,23)(H,24,25). The van der Waals surface area contributed by atoms with Crippen LogP contribution in [0.25, 0.3) is 5.69 Å². The average Bonchev–Trinajstić information content (AvgIpc) is 2.64. The normalized spacial score (nSPS) is 10.4. The Kier molecular flexibility index (Phi) is 7.99. The molecule has 27 heavy (non-hydrogen) atoms. The maximum absolute atomic E-state index is 12.3. The van der Waals surface area contributed by atoms with Gasteiger partial charge in [0, 0.05) is 19.0 Å². The summed E-state index contributed by atoms with van der Waals surface area (Å²) in [5.74, 6) is -0.733. The van der Waals surface area contributed by atoms with Gasteiger partial charge in [-0.25, -0.2) is 0 Å². The Morgan fingerprint density at radius 3 is 2.78 bits per heavy atom. The summed E-state index contributed by atoms with van der Waals surface area (Å²) in [6, 6.07) is 6.95. The SMILES string of the molecule is O=C(O)CCC(=O)NCCCOc1cccc(-n2ncc(Br)c(Br)c2=O)c1. The van der Waals surface area contributed by atoms with Crippen LogP contribution in [0.4, 0.5) is 0 Å². The van der Waals surface area contributed by atoms with Crippen molar-refractivity contribution in [3.8, 4) is 11.4 Å². The van der Waals surface area contributed by atoms with Gasteiger partial charge in [0.15, 0.2) is 0 Å².